The SMILES string of the molecule is CNC(c1cc(C)ccn1)C1CCOC2(CCOC2)C1. The Balaban J connectivity index is 1.78. The van der Waals surface area contributed by atoms with Crippen LogP contribution in [0.5, 0.6) is 0 Å². The predicted molar refractivity (Wildman–Crippen MR) is 77.6 cm³/mol. The monoisotopic (exact) mass is 276 g/mol. The minimum Gasteiger partial charge on any atom is -0.378 e. The summed E-state index contributed by atoms with van der Waals surface area (Å²) < 4.78 is 11.6. The van der Waals surface area contributed by atoms with Gasteiger partial charge in [0.2, 0.25) is 0 Å². The Morgan fingerprint density at radius 2 is 2.35 bits per heavy atom. The van der Waals surface area contributed by atoms with Crippen molar-refractivity contribution < 1.29 is 9.47 Å². The van der Waals surface area contributed by atoms with Gasteiger partial charge in [-0.2, -0.15) is 0 Å². The third kappa shape index (κ3) is 2.73. The lowest BCUT2D eigenvalue weighted by atomic mass is 9.80. The van der Waals surface area contributed by atoms with Gasteiger partial charge in [0, 0.05) is 25.8 Å². The fourth-order valence-electron chi connectivity index (χ4n) is 3.57. The van der Waals surface area contributed by atoms with Crippen molar-refractivity contribution in [3.8, 4) is 0 Å². The van der Waals surface area contributed by atoms with Crippen LogP contribution in [0.3, 0.4) is 0 Å². The second-order valence-electron chi connectivity index (χ2n) is 6.11. The van der Waals surface area contributed by atoms with Crippen LogP contribution in [0.1, 0.15) is 36.6 Å². The predicted octanol–water partition coefficient (Wildman–Crippen LogP) is 2.24. The van der Waals surface area contributed by atoms with E-state index >= 15 is 0 Å². The molecule has 1 aromatic rings. The average molecular weight is 276 g/mol. The molecule has 2 saturated heterocycles. The first-order chi connectivity index (χ1) is 9.72. The molecule has 0 radical (unpaired) electrons. The molecule has 4 nitrogen and oxygen atoms in total. The number of nitrogens with zero attached hydrogens (tertiary/aromatic N) is 1. The van der Waals surface area contributed by atoms with Crippen LogP contribution in [0.4, 0.5) is 0 Å². The van der Waals surface area contributed by atoms with Crippen molar-refractivity contribution in [2.45, 2.75) is 37.8 Å². The lowest BCUT2D eigenvalue weighted by Gasteiger charge is -2.40. The highest BCUT2D eigenvalue weighted by atomic mass is 16.6. The highest BCUT2D eigenvalue weighted by molar-refractivity contribution is 5.18. The lowest BCUT2D eigenvalue weighted by molar-refractivity contribution is -0.103. The van der Waals surface area contributed by atoms with E-state index in [0.29, 0.717) is 12.0 Å². The van der Waals surface area contributed by atoms with Gasteiger partial charge in [-0.3, -0.25) is 4.98 Å². The van der Waals surface area contributed by atoms with Gasteiger partial charge in [0.1, 0.15) is 0 Å². The molecule has 2 aliphatic heterocycles. The normalized spacial score (nSPS) is 31.6. The molecule has 2 fully saturated rings. The summed E-state index contributed by atoms with van der Waals surface area (Å²) in [4.78, 5) is 4.57. The van der Waals surface area contributed by atoms with E-state index in [1.807, 2.05) is 19.3 Å². The van der Waals surface area contributed by atoms with Crippen LogP contribution >= 0.6 is 0 Å². The topological polar surface area (TPSA) is 43.4 Å². The molecule has 3 atom stereocenters. The van der Waals surface area contributed by atoms with Crippen molar-refractivity contribution in [2.75, 3.05) is 26.9 Å². The van der Waals surface area contributed by atoms with Crippen molar-refractivity contribution in [3.05, 3.63) is 29.6 Å². The van der Waals surface area contributed by atoms with Gasteiger partial charge in [0.05, 0.1) is 23.9 Å². The molecular weight excluding hydrogens is 252 g/mol. The molecule has 3 unspecified atom stereocenters. The van der Waals surface area contributed by atoms with Gasteiger partial charge >= 0.3 is 0 Å². The van der Waals surface area contributed by atoms with E-state index in [-0.39, 0.29) is 5.60 Å². The largest absolute Gasteiger partial charge is 0.378 e. The standard InChI is InChI=1S/C16H24N2O2/c1-12-3-6-18-14(9-12)15(17-2)13-4-7-20-16(10-13)5-8-19-11-16/h3,6,9,13,15,17H,4-5,7-8,10-11H2,1-2H3. The van der Waals surface area contributed by atoms with Gasteiger partial charge < -0.3 is 14.8 Å². The van der Waals surface area contributed by atoms with Gasteiger partial charge in [-0.1, -0.05) is 0 Å². The number of aryl methyl sites for hydroxylation is 1. The molecule has 0 aromatic carbocycles. The summed E-state index contributed by atoms with van der Waals surface area (Å²) in [6, 6.07) is 4.54. The van der Waals surface area contributed by atoms with E-state index < -0.39 is 0 Å². The Morgan fingerprint density at radius 1 is 1.45 bits per heavy atom. The van der Waals surface area contributed by atoms with E-state index in [0.717, 1.165) is 44.8 Å². The van der Waals surface area contributed by atoms with E-state index in [1.54, 1.807) is 0 Å². The zero-order chi connectivity index (χ0) is 14.0. The second-order valence-corrected chi connectivity index (χ2v) is 6.11. The minimum absolute atomic E-state index is 0.0398. The molecule has 1 spiro atoms. The maximum Gasteiger partial charge on any atom is 0.0940 e. The zero-order valence-corrected chi connectivity index (χ0v) is 12.4. The number of pyridine rings is 1. The molecule has 3 rings (SSSR count). The fraction of sp³-hybridized carbons (Fsp3) is 0.688. The van der Waals surface area contributed by atoms with Crippen LogP contribution < -0.4 is 5.32 Å². The summed E-state index contributed by atoms with van der Waals surface area (Å²) in [6.07, 6.45) is 5.08. The van der Waals surface area contributed by atoms with Gasteiger partial charge in [-0.05, 0) is 50.4 Å². The van der Waals surface area contributed by atoms with Gasteiger partial charge in [-0.25, -0.2) is 0 Å². The lowest BCUT2D eigenvalue weighted by Crippen LogP contribution is -2.43. The zero-order valence-electron chi connectivity index (χ0n) is 12.4. The summed E-state index contributed by atoms with van der Waals surface area (Å²) in [5, 5.41) is 3.46. The number of ether oxygens (including phenoxy) is 2. The molecule has 1 N–H and O–H groups in total. The number of aromatic nitrogens is 1. The van der Waals surface area contributed by atoms with Crippen LogP contribution in [-0.4, -0.2) is 37.5 Å². The van der Waals surface area contributed by atoms with Crippen molar-refractivity contribution in [1.29, 1.82) is 0 Å². The average Bonchev–Trinajstić information content (AvgIpc) is 2.88. The van der Waals surface area contributed by atoms with Crippen LogP contribution in [0.25, 0.3) is 0 Å². The Labute approximate surface area is 120 Å². The first-order valence-corrected chi connectivity index (χ1v) is 7.54. The Hall–Kier alpha value is -0.970. The van der Waals surface area contributed by atoms with Crippen molar-refractivity contribution in [1.82, 2.24) is 10.3 Å². The number of nitrogens with one attached hydrogen (secondary N) is 1. The second kappa shape index (κ2) is 5.80. The molecule has 0 saturated carbocycles. The van der Waals surface area contributed by atoms with Crippen LogP contribution in [0, 0.1) is 12.8 Å². The number of hydrogen-bond acceptors (Lipinski definition) is 4. The molecule has 0 bridgehead atoms. The Bertz CT molecular complexity index is 458. The maximum absolute atomic E-state index is 6.04. The smallest absolute Gasteiger partial charge is 0.0940 e. The number of rotatable bonds is 3. The summed E-state index contributed by atoms with van der Waals surface area (Å²) in [5.41, 5.74) is 2.37. The van der Waals surface area contributed by atoms with Gasteiger partial charge in [-0.15, -0.1) is 0 Å². The van der Waals surface area contributed by atoms with Crippen molar-refractivity contribution in [2.24, 2.45) is 5.92 Å². The van der Waals surface area contributed by atoms with E-state index in [1.165, 1.54) is 5.56 Å². The molecule has 0 amide bonds. The first-order valence-electron chi connectivity index (χ1n) is 7.54. The molecule has 20 heavy (non-hydrogen) atoms. The van der Waals surface area contributed by atoms with Gasteiger partial charge in [0.25, 0.3) is 0 Å². The first kappa shape index (κ1) is 14.0. The molecule has 4 heteroatoms. The van der Waals surface area contributed by atoms with Gasteiger partial charge in [0.15, 0.2) is 0 Å². The van der Waals surface area contributed by atoms with E-state index in [9.17, 15) is 0 Å². The van der Waals surface area contributed by atoms with Crippen LogP contribution in [-0.2, 0) is 9.47 Å². The third-order valence-electron chi connectivity index (χ3n) is 4.64. The molecule has 3 heterocycles. The van der Waals surface area contributed by atoms with Crippen molar-refractivity contribution in [3.63, 3.8) is 0 Å². The fourth-order valence-corrected chi connectivity index (χ4v) is 3.57. The van der Waals surface area contributed by atoms with Crippen molar-refractivity contribution >= 4 is 0 Å². The highest BCUT2D eigenvalue weighted by Crippen LogP contribution is 2.40. The third-order valence-corrected chi connectivity index (χ3v) is 4.64. The molecule has 110 valence electrons. The molecule has 2 aliphatic rings. The molecular formula is C16H24N2O2. The van der Waals surface area contributed by atoms with E-state index in [4.69, 9.17) is 9.47 Å². The maximum atomic E-state index is 6.04. The summed E-state index contributed by atoms with van der Waals surface area (Å²) in [5.74, 6) is 0.560. The molecule has 1 aromatic heterocycles. The summed E-state index contributed by atoms with van der Waals surface area (Å²) >= 11 is 0. The Kier molecular flexibility index (Phi) is 4.06. The minimum atomic E-state index is -0.0398. The molecule has 0 aliphatic carbocycles. The van der Waals surface area contributed by atoms with Crippen LogP contribution in [0.2, 0.25) is 0 Å². The Morgan fingerprint density at radius 3 is 3.05 bits per heavy atom. The number of hydrogen-bond donors (Lipinski definition) is 1. The quantitative estimate of drug-likeness (QED) is 0.919. The summed E-state index contributed by atoms with van der Waals surface area (Å²) in [6.45, 7) is 4.53. The van der Waals surface area contributed by atoms with Crippen LogP contribution in [0.15, 0.2) is 18.3 Å². The summed E-state index contributed by atoms with van der Waals surface area (Å²) in [7, 11) is 2.03. The highest BCUT2D eigenvalue weighted by Gasteiger charge is 2.43. The van der Waals surface area contributed by atoms with E-state index in [2.05, 4.69) is 23.3 Å².